The van der Waals surface area contributed by atoms with Crippen LogP contribution in [0.1, 0.15) is 33.6 Å². The molecule has 1 aromatic heterocycles. The number of nitrogens with one attached hydrogen (secondary N) is 2. The van der Waals surface area contributed by atoms with Crippen LogP contribution in [-0.4, -0.2) is 72.4 Å². The molecule has 0 spiro atoms. The number of aliphatic hydroxyl groups is 1. The van der Waals surface area contributed by atoms with E-state index in [0.717, 1.165) is 57.7 Å². The number of rotatable bonds is 8. The van der Waals surface area contributed by atoms with E-state index in [0.29, 0.717) is 12.1 Å². The number of amides is 1. The summed E-state index contributed by atoms with van der Waals surface area (Å²) in [6.45, 7) is 5.06. The molecule has 1 amide bonds. The Bertz CT molecular complexity index is 869. The van der Waals surface area contributed by atoms with Gasteiger partial charge in [0, 0.05) is 56.7 Å². The van der Waals surface area contributed by atoms with E-state index in [1.54, 1.807) is 12.3 Å². The summed E-state index contributed by atoms with van der Waals surface area (Å²) in [7, 11) is 0. The van der Waals surface area contributed by atoms with Crippen LogP contribution in [-0.2, 0) is 24.1 Å². The number of benzene rings is 1. The number of nitrogens with zero attached hydrogens (tertiary/aromatic N) is 2. The fraction of sp³-hybridized carbons (Fsp3) is 0.500. The van der Waals surface area contributed by atoms with Gasteiger partial charge in [-0.15, -0.1) is 0 Å². The molecule has 3 N–H and O–H groups in total. The lowest BCUT2D eigenvalue weighted by molar-refractivity contribution is 0.0237. The number of β-amino-alcohol motifs (C(OH)–C–C–N with tert-alkyl or cyclic N) is 1. The molecule has 4 rings (SSSR count). The average Bonchev–Trinajstić information content (AvgIpc) is 2.82. The van der Waals surface area contributed by atoms with Crippen LogP contribution < -0.4 is 10.6 Å². The van der Waals surface area contributed by atoms with Crippen molar-refractivity contribution in [3.8, 4) is 0 Å². The van der Waals surface area contributed by atoms with Crippen LogP contribution >= 0.6 is 0 Å². The highest BCUT2D eigenvalue weighted by Gasteiger charge is 2.19. The zero-order chi connectivity index (χ0) is 21.5. The molecule has 0 saturated carbocycles. The number of hydrogen-bond acceptors (Lipinski definition) is 6. The van der Waals surface area contributed by atoms with Crippen molar-refractivity contribution in [1.29, 1.82) is 0 Å². The summed E-state index contributed by atoms with van der Waals surface area (Å²) in [4.78, 5) is 19.2. The second kappa shape index (κ2) is 10.8. The molecule has 1 fully saturated rings. The first kappa shape index (κ1) is 21.9. The number of aliphatic hydroxyl groups excluding tert-OH is 1. The highest BCUT2D eigenvalue weighted by molar-refractivity contribution is 5.94. The normalized spacial score (nSPS) is 20.1. The van der Waals surface area contributed by atoms with Crippen LogP contribution in [0.15, 0.2) is 42.6 Å². The maximum Gasteiger partial charge on any atom is 0.251 e. The molecule has 3 heterocycles. The molecule has 2 atom stereocenters. The minimum Gasteiger partial charge on any atom is -0.390 e. The van der Waals surface area contributed by atoms with E-state index in [9.17, 15) is 9.90 Å². The molecule has 2 aromatic rings. The van der Waals surface area contributed by atoms with Gasteiger partial charge in [-0.3, -0.25) is 14.7 Å². The number of aryl methyl sites for hydroxylation is 1. The lowest BCUT2D eigenvalue weighted by Gasteiger charge is -2.30. The van der Waals surface area contributed by atoms with Crippen LogP contribution in [0.3, 0.4) is 0 Å². The van der Waals surface area contributed by atoms with Crippen molar-refractivity contribution < 1.29 is 14.6 Å². The summed E-state index contributed by atoms with van der Waals surface area (Å²) < 4.78 is 5.72. The summed E-state index contributed by atoms with van der Waals surface area (Å²) in [6, 6.07) is 12.0. The Morgan fingerprint density at radius 3 is 3.03 bits per heavy atom. The van der Waals surface area contributed by atoms with Gasteiger partial charge >= 0.3 is 0 Å². The Labute approximate surface area is 183 Å². The SMILES string of the molecule is O=C(NC[C@H](O)CN1CCc2ccccc2C1)c1ccnc(CCC2CNCCO2)c1. The van der Waals surface area contributed by atoms with Crippen molar-refractivity contribution in [3.05, 3.63) is 65.0 Å². The molecule has 1 unspecified atom stereocenters. The Kier molecular flexibility index (Phi) is 7.64. The maximum atomic E-state index is 12.6. The van der Waals surface area contributed by atoms with Gasteiger partial charge in [0.15, 0.2) is 0 Å². The second-order valence-electron chi connectivity index (χ2n) is 8.39. The van der Waals surface area contributed by atoms with E-state index in [2.05, 4.69) is 44.8 Å². The monoisotopic (exact) mass is 424 g/mol. The quantitative estimate of drug-likeness (QED) is 0.590. The van der Waals surface area contributed by atoms with Gasteiger partial charge in [-0.25, -0.2) is 0 Å². The van der Waals surface area contributed by atoms with Crippen molar-refractivity contribution in [2.75, 3.05) is 39.3 Å². The van der Waals surface area contributed by atoms with E-state index in [4.69, 9.17) is 4.74 Å². The van der Waals surface area contributed by atoms with Crippen LogP contribution in [0.2, 0.25) is 0 Å². The van der Waals surface area contributed by atoms with Gasteiger partial charge in [0.05, 0.1) is 18.8 Å². The molecule has 0 aliphatic carbocycles. The number of fused-ring (bicyclic) bond motifs is 1. The van der Waals surface area contributed by atoms with E-state index < -0.39 is 6.10 Å². The molecule has 0 radical (unpaired) electrons. The van der Waals surface area contributed by atoms with E-state index in [-0.39, 0.29) is 18.6 Å². The third kappa shape index (κ3) is 6.33. The van der Waals surface area contributed by atoms with Gasteiger partial charge < -0.3 is 20.5 Å². The number of carbonyl (C=O) groups is 1. The maximum absolute atomic E-state index is 12.6. The van der Waals surface area contributed by atoms with Gasteiger partial charge in [0.1, 0.15) is 0 Å². The number of aromatic nitrogens is 1. The van der Waals surface area contributed by atoms with Gasteiger partial charge in [0.25, 0.3) is 5.91 Å². The predicted octanol–water partition coefficient (Wildman–Crippen LogP) is 1.15. The van der Waals surface area contributed by atoms with Gasteiger partial charge in [0.2, 0.25) is 0 Å². The zero-order valence-corrected chi connectivity index (χ0v) is 17.9. The largest absolute Gasteiger partial charge is 0.390 e. The number of ether oxygens (including phenoxy) is 1. The fourth-order valence-corrected chi connectivity index (χ4v) is 4.26. The number of carbonyl (C=O) groups excluding carboxylic acids is 1. The first-order chi connectivity index (χ1) is 15.2. The van der Waals surface area contributed by atoms with Crippen molar-refractivity contribution >= 4 is 5.91 Å². The molecule has 1 saturated heterocycles. The van der Waals surface area contributed by atoms with Gasteiger partial charge in [-0.1, -0.05) is 24.3 Å². The highest BCUT2D eigenvalue weighted by Crippen LogP contribution is 2.18. The molecule has 7 nitrogen and oxygen atoms in total. The Morgan fingerprint density at radius 1 is 1.32 bits per heavy atom. The molecule has 31 heavy (non-hydrogen) atoms. The molecule has 2 aliphatic heterocycles. The fourth-order valence-electron chi connectivity index (χ4n) is 4.26. The average molecular weight is 425 g/mol. The van der Waals surface area contributed by atoms with E-state index >= 15 is 0 Å². The third-order valence-electron chi connectivity index (χ3n) is 5.98. The van der Waals surface area contributed by atoms with Crippen molar-refractivity contribution in [2.24, 2.45) is 0 Å². The smallest absolute Gasteiger partial charge is 0.251 e. The van der Waals surface area contributed by atoms with Crippen LogP contribution in [0, 0.1) is 0 Å². The van der Waals surface area contributed by atoms with Gasteiger partial charge in [-0.05, 0) is 42.5 Å². The number of pyridine rings is 1. The summed E-state index contributed by atoms with van der Waals surface area (Å²) in [5, 5.41) is 16.6. The van der Waals surface area contributed by atoms with Crippen LogP contribution in [0.25, 0.3) is 0 Å². The lowest BCUT2D eigenvalue weighted by atomic mass is 10.00. The Hall–Kier alpha value is -2.32. The predicted molar refractivity (Wildman–Crippen MR) is 119 cm³/mol. The molecule has 0 bridgehead atoms. The molecular weight excluding hydrogens is 392 g/mol. The lowest BCUT2D eigenvalue weighted by Crippen LogP contribution is -2.42. The van der Waals surface area contributed by atoms with Gasteiger partial charge in [-0.2, -0.15) is 0 Å². The molecule has 2 aliphatic rings. The highest BCUT2D eigenvalue weighted by atomic mass is 16.5. The number of hydrogen-bond donors (Lipinski definition) is 3. The first-order valence-electron chi connectivity index (χ1n) is 11.2. The van der Waals surface area contributed by atoms with E-state index in [1.807, 2.05) is 6.07 Å². The summed E-state index contributed by atoms with van der Waals surface area (Å²) in [5.41, 5.74) is 4.17. The van der Waals surface area contributed by atoms with E-state index in [1.165, 1.54) is 11.1 Å². The first-order valence-corrected chi connectivity index (χ1v) is 11.2. The Morgan fingerprint density at radius 2 is 2.19 bits per heavy atom. The summed E-state index contributed by atoms with van der Waals surface area (Å²) in [5.74, 6) is -0.178. The second-order valence-corrected chi connectivity index (χ2v) is 8.39. The Balaban J connectivity index is 1.22. The molecule has 7 heteroatoms. The summed E-state index contributed by atoms with van der Waals surface area (Å²) in [6.07, 6.45) is 3.91. The molecule has 166 valence electrons. The molecular formula is C24H32N4O3. The zero-order valence-electron chi connectivity index (χ0n) is 17.9. The summed E-state index contributed by atoms with van der Waals surface area (Å²) >= 11 is 0. The van der Waals surface area contributed by atoms with Crippen molar-refractivity contribution in [1.82, 2.24) is 20.5 Å². The van der Waals surface area contributed by atoms with Crippen molar-refractivity contribution in [3.63, 3.8) is 0 Å². The minimum atomic E-state index is -0.605. The van der Waals surface area contributed by atoms with Crippen molar-refractivity contribution in [2.45, 2.75) is 38.0 Å². The molecule has 1 aromatic carbocycles. The minimum absolute atomic E-state index is 0.178. The standard InChI is InChI=1S/C24H32N4O3/c29-22(17-28-11-8-18-3-1-2-4-20(18)16-28)14-27-24(30)19-7-9-26-21(13-19)5-6-23-15-25-10-12-31-23/h1-4,7,9,13,22-23,25,29H,5-6,8,10-12,14-17H2,(H,27,30)/t22-,23?/m0/s1. The van der Waals surface area contributed by atoms with Crippen LogP contribution in [0.4, 0.5) is 0 Å². The topological polar surface area (TPSA) is 86.7 Å². The van der Waals surface area contributed by atoms with Crippen LogP contribution in [0.5, 0.6) is 0 Å². The third-order valence-corrected chi connectivity index (χ3v) is 5.98. The number of morpholine rings is 1.